The first-order valence-electron chi connectivity index (χ1n) is 7.30. The number of rotatable bonds is 6. The molecule has 0 bridgehead atoms. The van der Waals surface area contributed by atoms with Gasteiger partial charge in [0, 0.05) is 6.42 Å². The third-order valence-corrected chi connectivity index (χ3v) is 2.78. The normalized spacial score (nSPS) is 12.2. The van der Waals surface area contributed by atoms with Gasteiger partial charge in [-0.25, -0.2) is 14.0 Å². The maximum absolute atomic E-state index is 12.8. The summed E-state index contributed by atoms with van der Waals surface area (Å²) in [5.74, 6) is -2.34. The summed E-state index contributed by atoms with van der Waals surface area (Å²) >= 11 is 0. The fourth-order valence-electron chi connectivity index (χ4n) is 1.77. The van der Waals surface area contributed by atoms with Gasteiger partial charge in [0.25, 0.3) is 0 Å². The van der Waals surface area contributed by atoms with Crippen molar-refractivity contribution in [3.05, 3.63) is 35.6 Å². The number of carboxylic acid groups (broad SMARTS) is 1. The van der Waals surface area contributed by atoms with Gasteiger partial charge in [-0.1, -0.05) is 12.1 Å². The quantitative estimate of drug-likeness (QED) is 0.727. The molecule has 2 amide bonds. The van der Waals surface area contributed by atoms with E-state index >= 15 is 0 Å². The minimum absolute atomic E-state index is 0.00616. The fourth-order valence-corrected chi connectivity index (χ4v) is 1.77. The van der Waals surface area contributed by atoms with E-state index in [2.05, 4.69) is 10.6 Å². The van der Waals surface area contributed by atoms with Crippen LogP contribution in [0, 0.1) is 5.82 Å². The lowest BCUT2D eigenvalue weighted by atomic mass is 10.1. The van der Waals surface area contributed by atoms with Gasteiger partial charge in [-0.15, -0.1) is 0 Å². The summed E-state index contributed by atoms with van der Waals surface area (Å²) in [6, 6.07) is 4.11. The second-order valence-electron chi connectivity index (χ2n) is 6.14. The van der Waals surface area contributed by atoms with E-state index in [0.29, 0.717) is 5.56 Å². The highest BCUT2D eigenvalue weighted by atomic mass is 19.1. The zero-order chi connectivity index (χ0) is 18.3. The second-order valence-corrected chi connectivity index (χ2v) is 6.14. The Hall–Kier alpha value is -2.64. The lowest BCUT2D eigenvalue weighted by Gasteiger charge is -2.20. The number of aliphatic carboxylic acids is 1. The number of nitrogens with one attached hydrogen (secondary N) is 2. The Bertz CT molecular complexity index is 595. The smallest absolute Gasteiger partial charge is 0.408 e. The summed E-state index contributed by atoms with van der Waals surface area (Å²) in [5.41, 5.74) is -0.142. The molecular weight excluding hydrogens is 319 g/mol. The molecule has 7 nitrogen and oxygen atoms in total. The number of ether oxygens (including phenoxy) is 1. The average molecular weight is 340 g/mol. The van der Waals surface area contributed by atoms with Gasteiger partial charge >= 0.3 is 12.1 Å². The SMILES string of the molecule is CC(C)(C)OC(=O)NCC(=O)N[C@@H](Cc1ccc(F)cc1)C(=O)O. The summed E-state index contributed by atoms with van der Waals surface area (Å²) in [6.45, 7) is 4.61. The molecule has 0 spiro atoms. The number of hydrogen-bond acceptors (Lipinski definition) is 4. The van der Waals surface area contributed by atoms with Gasteiger partial charge in [0.05, 0.1) is 0 Å². The van der Waals surface area contributed by atoms with Crippen LogP contribution in [-0.4, -0.2) is 41.3 Å². The standard InChI is InChI=1S/C16H21FN2O5/c1-16(2,3)24-15(23)18-9-13(20)19-12(14(21)22)8-10-4-6-11(17)7-5-10/h4-7,12H,8-9H2,1-3H3,(H,18,23)(H,19,20)(H,21,22)/t12-/m0/s1. The Balaban J connectivity index is 2.53. The summed E-state index contributed by atoms with van der Waals surface area (Å²) in [7, 11) is 0. The number of carboxylic acids is 1. The monoisotopic (exact) mass is 340 g/mol. The zero-order valence-corrected chi connectivity index (χ0v) is 13.8. The van der Waals surface area contributed by atoms with Gasteiger partial charge in [-0.05, 0) is 38.5 Å². The van der Waals surface area contributed by atoms with Crippen LogP contribution in [0.5, 0.6) is 0 Å². The Morgan fingerprint density at radius 1 is 1.21 bits per heavy atom. The molecular formula is C16H21FN2O5. The second kappa shape index (κ2) is 8.28. The molecule has 1 atom stereocenters. The summed E-state index contributed by atoms with van der Waals surface area (Å²) < 4.78 is 17.8. The maximum atomic E-state index is 12.8. The fraction of sp³-hybridized carbons (Fsp3) is 0.438. The van der Waals surface area contributed by atoms with Crippen LogP contribution in [0.1, 0.15) is 26.3 Å². The van der Waals surface area contributed by atoms with Gasteiger partial charge in [-0.2, -0.15) is 0 Å². The van der Waals surface area contributed by atoms with E-state index in [1.807, 2.05) is 0 Å². The first-order chi connectivity index (χ1) is 11.1. The highest BCUT2D eigenvalue weighted by molar-refractivity contribution is 5.86. The van der Waals surface area contributed by atoms with Gasteiger partial charge in [0.1, 0.15) is 24.0 Å². The molecule has 0 radical (unpaired) electrons. The van der Waals surface area contributed by atoms with Crippen LogP contribution >= 0.6 is 0 Å². The molecule has 0 saturated heterocycles. The molecule has 0 unspecified atom stereocenters. The van der Waals surface area contributed by atoms with Crippen LogP contribution in [0.2, 0.25) is 0 Å². The Morgan fingerprint density at radius 2 is 1.79 bits per heavy atom. The molecule has 132 valence electrons. The van der Waals surface area contributed by atoms with Gasteiger partial charge in [-0.3, -0.25) is 4.79 Å². The van der Waals surface area contributed by atoms with Crippen molar-refractivity contribution in [2.45, 2.75) is 38.8 Å². The zero-order valence-electron chi connectivity index (χ0n) is 13.8. The number of carbonyl (C=O) groups is 3. The first kappa shape index (κ1) is 19.4. The van der Waals surface area contributed by atoms with Gasteiger partial charge in [0.2, 0.25) is 5.91 Å². The van der Waals surface area contributed by atoms with Crippen LogP contribution in [0.25, 0.3) is 0 Å². The van der Waals surface area contributed by atoms with Crippen LogP contribution in [0.3, 0.4) is 0 Å². The maximum Gasteiger partial charge on any atom is 0.408 e. The van der Waals surface area contributed by atoms with Crippen molar-refractivity contribution < 1.29 is 28.6 Å². The van der Waals surface area contributed by atoms with Crippen LogP contribution in [0.4, 0.5) is 9.18 Å². The molecule has 1 rings (SSSR count). The van der Waals surface area contributed by atoms with Crippen molar-refractivity contribution in [2.24, 2.45) is 0 Å². The number of carbonyl (C=O) groups excluding carboxylic acids is 2. The average Bonchev–Trinajstić information content (AvgIpc) is 2.45. The number of halogens is 1. The van der Waals surface area contributed by atoms with E-state index in [1.165, 1.54) is 24.3 Å². The lowest BCUT2D eigenvalue weighted by Crippen LogP contribution is -2.47. The first-order valence-corrected chi connectivity index (χ1v) is 7.30. The van der Waals surface area contributed by atoms with Crippen molar-refractivity contribution in [1.82, 2.24) is 10.6 Å². The molecule has 0 aliphatic heterocycles. The lowest BCUT2D eigenvalue weighted by molar-refractivity contribution is -0.141. The molecule has 0 fully saturated rings. The summed E-state index contributed by atoms with van der Waals surface area (Å²) in [6.07, 6.45) is -0.781. The minimum atomic E-state index is -1.23. The number of benzene rings is 1. The van der Waals surface area contributed by atoms with Crippen LogP contribution in [0.15, 0.2) is 24.3 Å². The van der Waals surface area contributed by atoms with Crippen molar-refractivity contribution in [2.75, 3.05) is 6.54 Å². The molecule has 1 aromatic carbocycles. The van der Waals surface area contributed by atoms with Gasteiger partial charge in [0.15, 0.2) is 0 Å². The van der Waals surface area contributed by atoms with E-state index in [4.69, 9.17) is 9.84 Å². The molecule has 24 heavy (non-hydrogen) atoms. The van der Waals surface area contributed by atoms with Crippen molar-refractivity contribution >= 4 is 18.0 Å². The number of amides is 2. The van der Waals surface area contributed by atoms with Crippen LogP contribution < -0.4 is 10.6 Å². The Labute approximate surface area is 139 Å². The predicted octanol–water partition coefficient (Wildman–Crippen LogP) is 1.46. The van der Waals surface area contributed by atoms with E-state index in [9.17, 15) is 18.8 Å². The molecule has 0 saturated carbocycles. The highest BCUT2D eigenvalue weighted by Gasteiger charge is 2.21. The van der Waals surface area contributed by atoms with Crippen molar-refractivity contribution in [3.63, 3.8) is 0 Å². The number of alkyl carbamates (subject to hydrolysis) is 1. The van der Waals surface area contributed by atoms with Crippen LogP contribution in [-0.2, 0) is 20.7 Å². The molecule has 0 aliphatic carbocycles. The molecule has 0 aromatic heterocycles. The Kier molecular flexibility index (Phi) is 6.69. The highest BCUT2D eigenvalue weighted by Crippen LogP contribution is 2.07. The molecule has 0 heterocycles. The van der Waals surface area contributed by atoms with E-state index in [0.717, 1.165) is 0 Å². The van der Waals surface area contributed by atoms with Crippen molar-refractivity contribution in [1.29, 1.82) is 0 Å². The summed E-state index contributed by atoms with van der Waals surface area (Å²) in [5, 5.41) is 13.7. The largest absolute Gasteiger partial charge is 0.480 e. The number of hydrogen-bond donors (Lipinski definition) is 3. The minimum Gasteiger partial charge on any atom is -0.480 e. The third kappa shape index (κ3) is 7.57. The molecule has 3 N–H and O–H groups in total. The molecule has 0 aliphatic rings. The topological polar surface area (TPSA) is 105 Å². The molecule has 8 heteroatoms. The van der Waals surface area contributed by atoms with Gasteiger partial charge < -0.3 is 20.5 Å². The van der Waals surface area contributed by atoms with E-state index < -0.39 is 42.0 Å². The van der Waals surface area contributed by atoms with E-state index in [-0.39, 0.29) is 6.42 Å². The third-order valence-electron chi connectivity index (χ3n) is 2.78. The Morgan fingerprint density at radius 3 is 2.29 bits per heavy atom. The van der Waals surface area contributed by atoms with Crippen molar-refractivity contribution in [3.8, 4) is 0 Å². The van der Waals surface area contributed by atoms with E-state index in [1.54, 1.807) is 20.8 Å². The summed E-state index contributed by atoms with van der Waals surface area (Å²) in [4.78, 5) is 34.4. The predicted molar refractivity (Wildman–Crippen MR) is 83.9 cm³/mol. The molecule has 1 aromatic rings.